The van der Waals surface area contributed by atoms with E-state index in [1.165, 1.54) is 0 Å². The zero-order chi connectivity index (χ0) is 30.6. The lowest BCUT2D eigenvalue weighted by molar-refractivity contribution is -0.223. The maximum atomic E-state index is 13.4. The molecular formula is C30H40F2N4O6. The first-order valence-electron chi connectivity index (χ1n) is 14.7. The Kier molecular flexibility index (Phi) is 9.96. The normalized spacial score (nSPS) is 20.0. The molecule has 4 rings (SSSR count). The molecular weight excluding hydrogens is 550 g/mol. The van der Waals surface area contributed by atoms with Crippen LogP contribution < -0.4 is 21.3 Å². The summed E-state index contributed by atoms with van der Waals surface area (Å²) in [4.78, 5) is 64.5. The molecule has 4 N–H and O–H groups in total. The van der Waals surface area contributed by atoms with Gasteiger partial charge in [-0.3, -0.25) is 24.0 Å². The molecule has 10 nitrogen and oxygen atoms in total. The minimum atomic E-state index is -3.56. The summed E-state index contributed by atoms with van der Waals surface area (Å²) in [5, 5.41) is 10.5. The van der Waals surface area contributed by atoms with Gasteiger partial charge < -0.3 is 26.0 Å². The zero-order valence-electron chi connectivity index (χ0n) is 24.3. The van der Waals surface area contributed by atoms with E-state index in [1.54, 1.807) is 0 Å². The first-order valence-corrected chi connectivity index (χ1v) is 14.7. The Hall–Kier alpha value is -3.41. The van der Waals surface area contributed by atoms with E-state index in [1.807, 2.05) is 32.0 Å². The van der Waals surface area contributed by atoms with E-state index in [-0.39, 0.29) is 24.7 Å². The van der Waals surface area contributed by atoms with Gasteiger partial charge in [0.25, 0.3) is 0 Å². The fraction of sp³-hybridized carbons (Fsp3) is 0.633. The molecule has 12 heteroatoms. The van der Waals surface area contributed by atoms with Crippen molar-refractivity contribution < 1.29 is 37.5 Å². The van der Waals surface area contributed by atoms with Gasteiger partial charge >= 0.3 is 17.9 Å². The number of nitrogens with one attached hydrogen (secondary N) is 4. The first kappa shape index (κ1) is 31.5. The van der Waals surface area contributed by atoms with Crippen molar-refractivity contribution >= 4 is 35.1 Å². The number of carbonyl (C=O) groups is 5. The van der Waals surface area contributed by atoms with Crippen LogP contribution in [-0.4, -0.2) is 60.8 Å². The summed E-state index contributed by atoms with van der Waals surface area (Å²) in [5.41, 5.74) is 2.68. The van der Waals surface area contributed by atoms with Crippen LogP contribution in [0.3, 0.4) is 0 Å². The maximum absolute atomic E-state index is 13.4. The van der Waals surface area contributed by atoms with Crippen molar-refractivity contribution in [3.8, 4) is 0 Å². The molecule has 4 amide bonds. The van der Waals surface area contributed by atoms with Gasteiger partial charge in [-0.1, -0.05) is 32.0 Å². The van der Waals surface area contributed by atoms with Crippen LogP contribution in [0, 0.1) is 11.8 Å². The SMILES string of the molecule is CC(C)C[C@H](NC(=O)C(=O)Nc1c(C2CC2)cccc1C1CC1)C(=O)N[C@@H](C[C@@H]1CCNC1=O)C(=O)COC(C)(F)F. The fourth-order valence-corrected chi connectivity index (χ4v) is 5.30. The third kappa shape index (κ3) is 8.80. The van der Waals surface area contributed by atoms with E-state index < -0.39 is 54.2 Å². The van der Waals surface area contributed by atoms with Crippen molar-refractivity contribution in [1.82, 2.24) is 16.0 Å². The Morgan fingerprint density at radius 3 is 2.10 bits per heavy atom. The summed E-state index contributed by atoms with van der Waals surface area (Å²) < 4.78 is 30.8. The average Bonchev–Trinajstić information content (AvgIpc) is 3.84. The molecule has 3 atom stereocenters. The topological polar surface area (TPSA) is 143 Å². The highest BCUT2D eigenvalue weighted by atomic mass is 19.3. The average molecular weight is 591 g/mol. The second-order valence-corrected chi connectivity index (χ2v) is 12.1. The summed E-state index contributed by atoms with van der Waals surface area (Å²) in [6.45, 7) is 3.56. The highest BCUT2D eigenvalue weighted by Crippen LogP contribution is 2.49. The largest absolute Gasteiger partial charge is 0.356 e. The molecule has 230 valence electrons. The molecule has 1 aromatic carbocycles. The van der Waals surface area contributed by atoms with Crippen LogP contribution in [0.5, 0.6) is 0 Å². The summed E-state index contributed by atoms with van der Waals surface area (Å²) in [5.74, 6) is -3.80. The molecule has 0 spiro atoms. The van der Waals surface area contributed by atoms with E-state index in [9.17, 15) is 32.8 Å². The number of ketones is 1. The number of Topliss-reactive ketones (excluding diaryl/α,β-unsaturated/α-hetero) is 1. The van der Waals surface area contributed by atoms with Crippen molar-refractivity contribution in [3.63, 3.8) is 0 Å². The Bertz CT molecular complexity index is 1180. The number of ether oxygens (including phenoxy) is 1. The highest BCUT2D eigenvalue weighted by molar-refractivity contribution is 6.40. The molecule has 0 unspecified atom stereocenters. The lowest BCUT2D eigenvalue weighted by Crippen LogP contribution is -2.54. The first-order chi connectivity index (χ1) is 19.8. The second-order valence-electron chi connectivity index (χ2n) is 12.1. The van der Waals surface area contributed by atoms with Crippen molar-refractivity contribution in [1.29, 1.82) is 0 Å². The molecule has 42 heavy (non-hydrogen) atoms. The number of carbonyl (C=O) groups excluding carboxylic acids is 5. The lowest BCUT2D eigenvalue weighted by Gasteiger charge is -2.25. The summed E-state index contributed by atoms with van der Waals surface area (Å²) in [6.07, 6.45) is 0.957. The third-order valence-corrected chi connectivity index (χ3v) is 7.79. The van der Waals surface area contributed by atoms with Gasteiger partial charge in [-0.05, 0) is 73.8 Å². The lowest BCUT2D eigenvalue weighted by atomic mass is 9.95. The quantitative estimate of drug-likeness (QED) is 0.245. The maximum Gasteiger partial charge on any atom is 0.353 e. The minimum Gasteiger partial charge on any atom is -0.356 e. The minimum absolute atomic E-state index is 0.0851. The van der Waals surface area contributed by atoms with Crippen molar-refractivity contribution in [2.75, 3.05) is 18.5 Å². The number of hydrogen-bond acceptors (Lipinski definition) is 6. The van der Waals surface area contributed by atoms with Gasteiger partial charge in [-0.2, -0.15) is 8.78 Å². The van der Waals surface area contributed by atoms with Gasteiger partial charge in [0.05, 0.1) is 6.04 Å². The number of hydrogen-bond donors (Lipinski definition) is 4. The fourth-order valence-electron chi connectivity index (χ4n) is 5.30. The van der Waals surface area contributed by atoms with Crippen LogP contribution >= 0.6 is 0 Å². The number of benzene rings is 1. The molecule has 1 aliphatic heterocycles. The predicted octanol–water partition coefficient (Wildman–Crippen LogP) is 3.12. The van der Waals surface area contributed by atoms with Crippen molar-refractivity contribution in [2.24, 2.45) is 11.8 Å². The third-order valence-electron chi connectivity index (χ3n) is 7.79. The van der Waals surface area contributed by atoms with Crippen molar-refractivity contribution in [3.05, 3.63) is 29.3 Å². The molecule has 3 fully saturated rings. The Labute approximate surface area is 244 Å². The summed E-state index contributed by atoms with van der Waals surface area (Å²) >= 11 is 0. The van der Waals surface area contributed by atoms with Gasteiger partial charge in [-0.15, -0.1) is 0 Å². The number of alkyl halides is 2. The van der Waals surface area contributed by atoms with Gasteiger partial charge in [0.15, 0.2) is 5.78 Å². The Morgan fingerprint density at radius 1 is 0.976 bits per heavy atom. The molecule has 0 aromatic heterocycles. The van der Waals surface area contributed by atoms with E-state index in [2.05, 4.69) is 26.0 Å². The molecule has 1 saturated heterocycles. The Balaban J connectivity index is 1.45. The van der Waals surface area contributed by atoms with Crippen LogP contribution in [-0.2, 0) is 28.7 Å². The second kappa shape index (κ2) is 13.3. The van der Waals surface area contributed by atoms with E-state index in [4.69, 9.17) is 0 Å². The molecule has 2 saturated carbocycles. The monoisotopic (exact) mass is 590 g/mol. The van der Waals surface area contributed by atoms with Crippen LogP contribution in [0.15, 0.2) is 18.2 Å². The number of anilines is 1. The van der Waals surface area contributed by atoms with Crippen LogP contribution in [0.4, 0.5) is 14.5 Å². The van der Waals surface area contributed by atoms with Gasteiger partial charge in [0.2, 0.25) is 11.8 Å². The predicted molar refractivity (Wildman–Crippen MR) is 150 cm³/mol. The molecule has 0 bridgehead atoms. The Morgan fingerprint density at radius 2 is 1.60 bits per heavy atom. The van der Waals surface area contributed by atoms with Gasteiger partial charge in [0, 0.05) is 25.1 Å². The van der Waals surface area contributed by atoms with E-state index in [0.29, 0.717) is 37.4 Å². The molecule has 1 heterocycles. The zero-order valence-corrected chi connectivity index (χ0v) is 24.3. The van der Waals surface area contributed by atoms with E-state index in [0.717, 1.165) is 36.8 Å². The molecule has 2 aliphatic carbocycles. The number of halogens is 2. The number of amides is 4. The molecule has 1 aromatic rings. The smallest absolute Gasteiger partial charge is 0.353 e. The van der Waals surface area contributed by atoms with Crippen LogP contribution in [0.1, 0.15) is 88.7 Å². The standard InChI is InChI=1S/C30H40F2N4O6/c1-16(2)13-23(27(39)34-22(14-19-11-12-33-26(19)38)24(37)15-42-30(3,31)32)35-28(40)29(41)36-25-20(17-7-8-17)5-4-6-21(25)18-9-10-18/h4-6,16-19,22-23H,7-15H2,1-3H3,(H,33,38)(H,34,39)(H,35,40)(H,36,41)/t19-,22-,23-/m0/s1. The molecule has 3 aliphatic rings. The van der Waals surface area contributed by atoms with Gasteiger partial charge in [-0.25, -0.2) is 0 Å². The van der Waals surface area contributed by atoms with E-state index >= 15 is 0 Å². The molecule has 0 radical (unpaired) electrons. The summed E-state index contributed by atoms with van der Waals surface area (Å²) in [6, 6.07) is 3.41. The number of para-hydroxylation sites is 1. The van der Waals surface area contributed by atoms with Gasteiger partial charge in [0.1, 0.15) is 12.6 Å². The number of rotatable bonds is 14. The van der Waals surface area contributed by atoms with Crippen LogP contribution in [0.25, 0.3) is 0 Å². The summed E-state index contributed by atoms with van der Waals surface area (Å²) in [7, 11) is 0. The highest BCUT2D eigenvalue weighted by Gasteiger charge is 2.36. The van der Waals surface area contributed by atoms with Crippen LogP contribution in [0.2, 0.25) is 0 Å². The van der Waals surface area contributed by atoms with Crippen molar-refractivity contribution in [2.45, 2.75) is 95.7 Å².